The average Bonchev–Trinajstić information content (AvgIpc) is 2.65. The van der Waals surface area contributed by atoms with Gasteiger partial charge in [0.05, 0.1) is 6.10 Å². The van der Waals surface area contributed by atoms with E-state index in [-0.39, 0.29) is 18.0 Å². The molecule has 2 aromatic carbocycles. The molecule has 3 rings (SSSR count). The van der Waals surface area contributed by atoms with Gasteiger partial charge < -0.3 is 21.1 Å². The molecular weight excluding hydrogens is 355 g/mol. The van der Waals surface area contributed by atoms with Crippen LogP contribution in [-0.4, -0.2) is 43.7 Å². The van der Waals surface area contributed by atoms with E-state index in [0.29, 0.717) is 18.2 Å². The fraction of sp³-hybridized carbons (Fsp3) is 0.409. The molecule has 0 saturated heterocycles. The largest absolute Gasteiger partial charge is 0.399 e. The number of nitrogens with zero attached hydrogens (tertiary/aromatic N) is 2. The molecule has 0 aliphatic carbocycles. The van der Waals surface area contributed by atoms with Gasteiger partial charge in [0.2, 0.25) is 0 Å². The van der Waals surface area contributed by atoms with E-state index in [4.69, 9.17) is 16.2 Å². The van der Waals surface area contributed by atoms with Crippen molar-refractivity contribution in [3.05, 3.63) is 53.3 Å². The van der Waals surface area contributed by atoms with Crippen LogP contribution in [-0.2, 0) is 11.2 Å². The van der Waals surface area contributed by atoms with E-state index < -0.39 is 0 Å². The SMILES string of the molecule is COC1CCN=C(N)N(C)C(Cc2ccc(-c3cc(N)cc(F)c3)cc2C)C1. The summed E-state index contributed by atoms with van der Waals surface area (Å²) in [6, 6.07) is 11.0. The van der Waals surface area contributed by atoms with Crippen molar-refractivity contribution in [2.24, 2.45) is 10.7 Å². The molecule has 6 heteroatoms. The Balaban J connectivity index is 1.85. The molecule has 0 fully saturated rings. The van der Waals surface area contributed by atoms with E-state index in [0.717, 1.165) is 36.0 Å². The first-order chi connectivity index (χ1) is 13.4. The number of likely N-dealkylation sites (N-methyl/N-ethyl adjacent to an activating group) is 1. The van der Waals surface area contributed by atoms with Crippen molar-refractivity contribution in [3.8, 4) is 11.1 Å². The first-order valence-corrected chi connectivity index (χ1v) is 9.59. The van der Waals surface area contributed by atoms with Crippen LogP contribution < -0.4 is 11.5 Å². The Morgan fingerprint density at radius 3 is 2.64 bits per heavy atom. The summed E-state index contributed by atoms with van der Waals surface area (Å²) in [6.07, 6.45) is 2.77. The predicted molar refractivity (Wildman–Crippen MR) is 113 cm³/mol. The highest BCUT2D eigenvalue weighted by atomic mass is 19.1. The van der Waals surface area contributed by atoms with Crippen molar-refractivity contribution in [2.45, 2.75) is 38.3 Å². The number of hydrogen-bond acceptors (Lipinski definition) is 5. The van der Waals surface area contributed by atoms with Gasteiger partial charge in [-0.15, -0.1) is 0 Å². The Hall–Kier alpha value is -2.60. The third-order valence-corrected chi connectivity index (χ3v) is 5.55. The maximum absolute atomic E-state index is 13.7. The molecule has 2 aromatic rings. The molecule has 2 atom stereocenters. The summed E-state index contributed by atoms with van der Waals surface area (Å²) >= 11 is 0. The number of aryl methyl sites for hydroxylation is 1. The van der Waals surface area contributed by atoms with E-state index in [2.05, 4.69) is 24.0 Å². The lowest BCUT2D eigenvalue weighted by molar-refractivity contribution is 0.0691. The van der Waals surface area contributed by atoms with Crippen molar-refractivity contribution in [2.75, 3.05) is 26.4 Å². The molecule has 28 heavy (non-hydrogen) atoms. The summed E-state index contributed by atoms with van der Waals surface area (Å²) in [6.45, 7) is 2.77. The number of methoxy groups -OCH3 is 1. The van der Waals surface area contributed by atoms with Crippen LogP contribution >= 0.6 is 0 Å². The molecule has 0 amide bonds. The second-order valence-electron chi connectivity index (χ2n) is 7.51. The van der Waals surface area contributed by atoms with Crippen LogP contribution in [0.15, 0.2) is 41.4 Å². The number of benzene rings is 2. The highest BCUT2D eigenvalue weighted by Crippen LogP contribution is 2.27. The van der Waals surface area contributed by atoms with E-state index in [9.17, 15) is 4.39 Å². The topological polar surface area (TPSA) is 76.9 Å². The Labute approximate surface area is 166 Å². The van der Waals surface area contributed by atoms with Crippen molar-refractivity contribution >= 4 is 11.6 Å². The Bertz CT molecular complexity index is 847. The molecule has 1 aliphatic heterocycles. The smallest absolute Gasteiger partial charge is 0.191 e. The predicted octanol–water partition coefficient (Wildman–Crippen LogP) is 3.35. The Kier molecular flexibility index (Phi) is 6.19. The summed E-state index contributed by atoms with van der Waals surface area (Å²) in [7, 11) is 3.74. The quantitative estimate of drug-likeness (QED) is 0.793. The minimum atomic E-state index is -0.326. The van der Waals surface area contributed by atoms with E-state index in [1.807, 2.05) is 18.0 Å². The number of halogens is 1. The molecule has 0 saturated carbocycles. The maximum atomic E-state index is 13.7. The van der Waals surface area contributed by atoms with Gasteiger partial charge in [0.25, 0.3) is 0 Å². The standard InChI is InChI=1S/C22H29FN4O/c1-14-8-16(17-9-18(23)12-19(24)10-17)5-4-15(14)11-20-13-21(28-3)6-7-26-22(25)27(20)2/h4-5,8-10,12,20-21H,6-7,11,13,24H2,1-3H3,(H2,25,26). The van der Waals surface area contributed by atoms with E-state index in [1.54, 1.807) is 13.2 Å². The lowest BCUT2D eigenvalue weighted by atomic mass is 9.92. The number of rotatable bonds is 4. The fourth-order valence-corrected chi connectivity index (χ4v) is 3.77. The minimum Gasteiger partial charge on any atom is -0.399 e. The van der Waals surface area contributed by atoms with Gasteiger partial charge in [-0.25, -0.2) is 4.39 Å². The second-order valence-corrected chi connectivity index (χ2v) is 7.51. The zero-order valence-electron chi connectivity index (χ0n) is 16.8. The number of aliphatic imine (C=N–C) groups is 1. The summed E-state index contributed by atoms with van der Waals surface area (Å²) < 4.78 is 19.3. The maximum Gasteiger partial charge on any atom is 0.191 e. The monoisotopic (exact) mass is 384 g/mol. The van der Waals surface area contributed by atoms with E-state index in [1.165, 1.54) is 17.7 Å². The summed E-state index contributed by atoms with van der Waals surface area (Å²) in [5, 5.41) is 0. The molecule has 150 valence electrons. The molecular formula is C22H29FN4O. The third-order valence-electron chi connectivity index (χ3n) is 5.55. The van der Waals surface area contributed by atoms with Crippen LogP contribution in [0.5, 0.6) is 0 Å². The molecule has 4 N–H and O–H groups in total. The first-order valence-electron chi connectivity index (χ1n) is 9.59. The lowest BCUT2D eigenvalue weighted by Crippen LogP contribution is -2.46. The first kappa shape index (κ1) is 20.1. The molecule has 0 spiro atoms. The molecule has 5 nitrogen and oxygen atoms in total. The van der Waals surface area contributed by atoms with Crippen molar-refractivity contribution in [1.29, 1.82) is 0 Å². The van der Waals surface area contributed by atoms with Gasteiger partial charge >= 0.3 is 0 Å². The van der Waals surface area contributed by atoms with E-state index >= 15 is 0 Å². The van der Waals surface area contributed by atoms with Crippen LogP contribution in [0, 0.1) is 12.7 Å². The van der Waals surface area contributed by atoms with Gasteiger partial charge in [-0.2, -0.15) is 0 Å². The number of nitrogens with two attached hydrogens (primary N) is 2. The highest BCUT2D eigenvalue weighted by molar-refractivity contribution is 5.78. The molecule has 2 unspecified atom stereocenters. The van der Waals surface area contributed by atoms with Gasteiger partial charge in [-0.1, -0.05) is 18.2 Å². The Morgan fingerprint density at radius 2 is 1.96 bits per heavy atom. The number of guanidine groups is 1. The summed E-state index contributed by atoms with van der Waals surface area (Å²) in [5.74, 6) is 0.248. The number of nitrogen functional groups attached to an aromatic ring is 1. The van der Waals surface area contributed by atoms with Crippen LogP contribution in [0.1, 0.15) is 24.0 Å². The minimum absolute atomic E-state index is 0.166. The van der Waals surface area contributed by atoms with Gasteiger partial charge in [0.15, 0.2) is 5.96 Å². The fourth-order valence-electron chi connectivity index (χ4n) is 3.77. The Morgan fingerprint density at radius 1 is 1.18 bits per heavy atom. The second kappa shape index (κ2) is 8.61. The molecule has 0 radical (unpaired) electrons. The zero-order valence-corrected chi connectivity index (χ0v) is 16.8. The molecule has 0 aromatic heterocycles. The summed E-state index contributed by atoms with van der Waals surface area (Å²) in [5.41, 5.74) is 16.5. The number of anilines is 1. The van der Waals surface area contributed by atoms with Gasteiger partial charge in [-0.05, 0) is 66.6 Å². The molecule has 1 aliphatic rings. The highest BCUT2D eigenvalue weighted by Gasteiger charge is 2.24. The van der Waals surface area contributed by atoms with Gasteiger partial charge in [0, 0.05) is 32.4 Å². The molecule has 0 bridgehead atoms. The lowest BCUT2D eigenvalue weighted by Gasteiger charge is -2.34. The third kappa shape index (κ3) is 4.62. The number of ether oxygens (including phenoxy) is 1. The van der Waals surface area contributed by atoms with Crippen LogP contribution in [0.4, 0.5) is 10.1 Å². The number of hydrogen-bond donors (Lipinski definition) is 2. The van der Waals surface area contributed by atoms with Crippen LogP contribution in [0.3, 0.4) is 0 Å². The van der Waals surface area contributed by atoms with Crippen LogP contribution in [0.25, 0.3) is 11.1 Å². The average molecular weight is 384 g/mol. The van der Waals surface area contributed by atoms with Crippen molar-refractivity contribution in [3.63, 3.8) is 0 Å². The van der Waals surface area contributed by atoms with Crippen molar-refractivity contribution in [1.82, 2.24) is 4.90 Å². The van der Waals surface area contributed by atoms with Crippen LogP contribution in [0.2, 0.25) is 0 Å². The van der Waals surface area contributed by atoms with Crippen molar-refractivity contribution < 1.29 is 9.13 Å². The molecule has 1 heterocycles. The normalized spacial score (nSPS) is 20.4. The van der Waals surface area contributed by atoms with Gasteiger partial charge in [0.1, 0.15) is 5.82 Å². The van der Waals surface area contributed by atoms with Gasteiger partial charge in [-0.3, -0.25) is 4.99 Å². The zero-order chi connectivity index (χ0) is 20.3. The summed E-state index contributed by atoms with van der Waals surface area (Å²) in [4.78, 5) is 6.49.